The van der Waals surface area contributed by atoms with Gasteiger partial charge in [-0.25, -0.2) is 8.42 Å². The van der Waals surface area contributed by atoms with Crippen LogP contribution in [0, 0.1) is 6.92 Å². The second-order valence-corrected chi connectivity index (χ2v) is 5.42. The average molecular weight is 222 g/mol. The predicted octanol–water partition coefficient (Wildman–Crippen LogP) is 2.85. The van der Waals surface area contributed by atoms with Gasteiger partial charge in [-0.1, -0.05) is 12.1 Å². The Balaban J connectivity index is 3.25. The molecule has 1 rings (SSSR count). The molecule has 80 valence electrons. The first kappa shape index (κ1) is 11.8. The third-order valence-electron chi connectivity index (χ3n) is 1.82. The van der Waals surface area contributed by atoms with E-state index in [0.717, 1.165) is 16.5 Å². The van der Waals surface area contributed by atoms with Crippen LogP contribution in [0.15, 0.2) is 45.9 Å². The Bertz CT molecular complexity index is 514. The molecule has 15 heavy (non-hydrogen) atoms. The summed E-state index contributed by atoms with van der Waals surface area (Å²) in [6.07, 6.45) is 0. The van der Waals surface area contributed by atoms with Crippen LogP contribution >= 0.6 is 0 Å². The molecule has 0 atom stereocenters. The maximum atomic E-state index is 11.8. The van der Waals surface area contributed by atoms with Gasteiger partial charge in [-0.15, -0.1) is 5.73 Å². The quantitative estimate of drug-likeness (QED) is 0.721. The third-order valence-corrected chi connectivity index (χ3v) is 3.16. The Hall–Kier alpha value is -1.31. The minimum Gasteiger partial charge on any atom is -0.218 e. The summed E-state index contributed by atoms with van der Waals surface area (Å²) in [6.45, 7) is 5.48. The maximum absolute atomic E-state index is 11.8. The Labute approximate surface area is 90.9 Å². The van der Waals surface area contributed by atoms with Crippen LogP contribution in [0.5, 0.6) is 0 Å². The lowest BCUT2D eigenvalue weighted by molar-refractivity contribution is 0.604. The number of aryl methyl sites for hydroxylation is 1. The van der Waals surface area contributed by atoms with Gasteiger partial charge in [-0.05, 0) is 44.0 Å². The van der Waals surface area contributed by atoms with Crippen molar-refractivity contribution in [2.75, 3.05) is 0 Å². The average Bonchev–Trinajstić information content (AvgIpc) is 2.15. The Morgan fingerprint density at radius 1 is 1.33 bits per heavy atom. The molecule has 0 aromatic heterocycles. The van der Waals surface area contributed by atoms with Crippen molar-refractivity contribution in [3.63, 3.8) is 0 Å². The third kappa shape index (κ3) is 3.39. The molecule has 0 aliphatic carbocycles. The molecule has 0 radical (unpaired) electrons. The van der Waals surface area contributed by atoms with Gasteiger partial charge in [0.15, 0.2) is 0 Å². The van der Waals surface area contributed by atoms with E-state index in [-0.39, 0.29) is 0 Å². The minimum absolute atomic E-state index is 0.316. The molecule has 0 amide bonds. The number of hydrogen-bond acceptors (Lipinski definition) is 2. The fourth-order valence-electron chi connectivity index (χ4n) is 1.06. The van der Waals surface area contributed by atoms with Crippen molar-refractivity contribution in [3.05, 3.63) is 46.5 Å². The molecular weight excluding hydrogens is 208 g/mol. The van der Waals surface area contributed by atoms with Crippen molar-refractivity contribution < 1.29 is 8.42 Å². The van der Waals surface area contributed by atoms with Crippen LogP contribution < -0.4 is 0 Å². The molecule has 0 aliphatic heterocycles. The molecule has 0 spiro atoms. The van der Waals surface area contributed by atoms with Crippen molar-refractivity contribution in [3.8, 4) is 0 Å². The van der Waals surface area contributed by atoms with E-state index in [1.165, 1.54) is 0 Å². The van der Waals surface area contributed by atoms with Gasteiger partial charge in [0, 0.05) is 0 Å². The van der Waals surface area contributed by atoms with Gasteiger partial charge < -0.3 is 0 Å². The van der Waals surface area contributed by atoms with Gasteiger partial charge in [0.05, 0.1) is 10.3 Å². The maximum Gasteiger partial charge on any atom is 0.207 e. The van der Waals surface area contributed by atoms with Crippen molar-refractivity contribution in [2.24, 2.45) is 0 Å². The molecule has 0 unspecified atom stereocenters. The van der Waals surface area contributed by atoms with Gasteiger partial charge in [0.1, 0.15) is 0 Å². The van der Waals surface area contributed by atoms with Crippen molar-refractivity contribution in [1.29, 1.82) is 0 Å². The minimum atomic E-state index is -3.33. The topological polar surface area (TPSA) is 34.1 Å². The standard InChI is InChI=1S/C12H14O2S/c1-10(2)7-8-15(13,14)12-6-4-5-11(3)9-12/h4-6,8-9H,1-3H3. The van der Waals surface area contributed by atoms with Crippen LogP contribution in [-0.4, -0.2) is 8.42 Å². The molecule has 1 aromatic rings. The summed E-state index contributed by atoms with van der Waals surface area (Å²) >= 11 is 0. The van der Waals surface area contributed by atoms with Crippen LogP contribution in [0.25, 0.3) is 0 Å². The highest BCUT2D eigenvalue weighted by atomic mass is 32.2. The largest absolute Gasteiger partial charge is 0.218 e. The highest BCUT2D eigenvalue weighted by Gasteiger charge is 2.09. The molecule has 3 heteroatoms. The van der Waals surface area contributed by atoms with Crippen molar-refractivity contribution >= 4 is 9.84 Å². The molecule has 2 nitrogen and oxygen atoms in total. The predicted molar refractivity (Wildman–Crippen MR) is 61.3 cm³/mol. The lowest BCUT2D eigenvalue weighted by atomic mass is 10.2. The van der Waals surface area contributed by atoms with Gasteiger partial charge >= 0.3 is 0 Å². The number of hydrogen-bond donors (Lipinski definition) is 0. The van der Waals surface area contributed by atoms with Crippen LogP contribution in [0.2, 0.25) is 0 Å². The van der Waals surface area contributed by atoms with E-state index in [1.54, 1.807) is 18.2 Å². The molecular formula is C12H14O2S. The molecule has 0 N–H and O–H groups in total. The molecule has 0 saturated heterocycles. The Morgan fingerprint density at radius 2 is 2.00 bits per heavy atom. The summed E-state index contributed by atoms with van der Waals surface area (Å²) in [4.78, 5) is 0.316. The van der Waals surface area contributed by atoms with Crippen molar-refractivity contribution in [2.45, 2.75) is 25.7 Å². The van der Waals surface area contributed by atoms with E-state index in [9.17, 15) is 8.42 Å². The lowest BCUT2D eigenvalue weighted by Gasteiger charge is -1.98. The molecule has 0 bridgehead atoms. The molecule has 0 saturated carbocycles. The zero-order valence-electron chi connectivity index (χ0n) is 9.11. The number of rotatable bonds is 2. The van der Waals surface area contributed by atoms with Crippen LogP contribution in [-0.2, 0) is 9.84 Å². The van der Waals surface area contributed by atoms with Crippen LogP contribution in [0.3, 0.4) is 0 Å². The molecule has 1 aromatic carbocycles. The second-order valence-electron chi connectivity index (χ2n) is 3.62. The summed E-state index contributed by atoms with van der Waals surface area (Å²) < 4.78 is 23.5. The number of sulfone groups is 1. The second kappa shape index (κ2) is 4.47. The fourth-order valence-corrected chi connectivity index (χ4v) is 2.20. The highest BCUT2D eigenvalue weighted by molar-refractivity contribution is 7.94. The Kier molecular flexibility index (Phi) is 3.51. The van der Waals surface area contributed by atoms with Gasteiger partial charge in [-0.3, -0.25) is 0 Å². The highest BCUT2D eigenvalue weighted by Crippen LogP contribution is 2.13. The van der Waals surface area contributed by atoms with E-state index < -0.39 is 9.84 Å². The smallest absolute Gasteiger partial charge is 0.207 e. The summed E-state index contributed by atoms with van der Waals surface area (Å²) in [7, 11) is -3.33. The Morgan fingerprint density at radius 3 is 2.53 bits per heavy atom. The summed E-state index contributed by atoms with van der Waals surface area (Å²) in [5, 5.41) is 1.12. The lowest BCUT2D eigenvalue weighted by Crippen LogP contribution is -1.95. The van der Waals surface area contributed by atoms with E-state index in [1.807, 2.05) is 26.8 Å². The molecule has 0 fully saturated rings. The SMILES string of the molecule is CC(C)=C=CS(=O)(=O)c1cccc(C)c1. The first-order chi connectivity index (χ1) is 6.92. The summed E-state index contributed by atoms with van der Waals surface area (Å²) in [5.74, 6) is 0. The molecule has 0 aliphatic rings. The summed E-state index contributed by atoms with van der Waals surface area (Å²) in [6, 6.07) is 6.84. The summed E-state index contributed by atoms with van der Waals surface area (Å²) in [5.41, 5.74) is 4.48. The van der Waals surface area contributed by atoms with E-state index >= 15 is 0 Å². The van der Waals surface area contributed by atoms with E-state index in [2.05, 4.69) is 5.73 Å². The van der Waals surface area contributed by atoms with Crippen LogP contribution in [0.1, 0.15) is 19.4 Å². The first-order valence-electron chi connectivity index (χ1n) is 4.63. The monoisotopic (exact) mass is 222 g/mol. The van der Waals surface area contributed by atoms with E-state index in [0.29, 0.717) is 4.90 Å². The fraction of sp³-hybridized carbons (Fsp3) is 0.250. The van der Waals surface area contributed by atoms with Gasteiger partial charge in [0.25, 0.3) is 0 Å². The van der Waals surface area contributed by atoms with E-state index in [4.69, 9.17) is 0 Å². The zero-order chi connectivity index (χ0) is 11.5. The number of benzene rings is 1. The first-order valence-corrected chi connectivity index (χ1v) is 6.18. The number of allylic oxidation sites excluding steroid dienone is 1. The van der Waals surface area contributed by atoms with Gasteiger partial charge in [0.2, 0.25) is 9.84 Å². The van der Waals surface area contributed by atoms with Crippen LogP contribution in [0.4, 0.5) is 0 Å². The van der Waals surface area contributed by atoms with Crippen molar-refractivity contribution in [1.82, 2.24) is 0 Å². The normalized spacial score (nSPS) is 10.6. The van der Waals surface area contributed by atoms with Gasteiger partial charge in [-0.2, -0.15) is 0 Å². The zero-order valence-corrected chi connectivity index (χ0v) is 9.93. The molecule has 0 heterocycles.